The van der Waals surface area contributed by atoms with Crippen molar-refractivity contribution in [2.45, 2.75) is 39.2 Å². The normalized spacial score (nSPS) is 13.7. The first kappa shape index (κ1) is 8.92. The molecule has 0 amide bonds. The molecular weight excluding hydrogens is 112 g/mol. The minimum absolute atomic E-state index is 0.593. The van der Waals surface area contributed by atoms with Crippen LogP contribution in [0.15, 0.2) is 0 Å². The Morgan fingerprint density at radius 2 is 2.22 bits per heavy atom. The summed E-state index contributed by atoms with van der Waals surface area (Å²) in [6.07, 6.45) is 3.82. The zero-order valence-corrected chi connectivity index (χ0v) is 6.48. The van der Waals surface area contributed by atoms with Gasteiger partial charge >= 0.3 is 0 Å². The van der Waals surface area contributed by atoms with Crippen molar-refractivity contribution >= 4 is 0 Å². The third kappa shape index (κ3) is 5.80. The number of unbranched alkanes of at least 4 members (excludes halogenated alkanes) is 1. The molecule has 0 radical (unpaired) electrons. The standard InChI is InChI=1S/C7H18N2/c1-3-4-5-7(2)9-6-8/h7,9H,3-6,8H2,1-2H3. The topological polar surface area (TPSA) is 38.0 Å². The van der Waals surface area contributed by atoms with E-state index in [1.165, 1.54) is 19.3 Å². The quantitative estimate of drug-likeness (QED) is 0.546. The monoisotopic (exact) mass is 130 g/mol. The van der Waals surface area contributed by atoms with Crippen LogP contribution in [0.4, 0.5) is 0 Å². The van der Waals surface area contributed by atoms with Crippen LogP contribution in [0.1, 0.15) is 33.1 Å². The second-order valence-electron chi connectivity index (χ2n) is 2.45. The van der Waals surface area contributed by atoms with Gasteiger partial charge < -0.3 is 11.1 Å². The number of nitrogens with one attached hydrogen (secondary N) is 1. The van der Waals surface area contributed by atoms with Gasteiger partial charge in [0.2, 0.25) is 0 Å². The molecule has 0 aromatic carbocycles. The Kier molecular flexibility index (Phi) is 5.99. The molecule has 0 aromatic rings. The van der Waals surface area contributed by atoms with Crippen molar-refractivity contribution in [2.75, 3.05) is 6.67 Å². The maximum absolute atomic E-state index is 5.29. The van der Waals surface area contributed by atoms with E-state index in [-0.39, 0.29) is 0 Å². The summed E-state index contributed by atoms with van der Waals surface area (Å²) in [4.78, 5) is 0. The molecule has 0 aromatic heterocycles. The van der Waals surface area contributed by atoms with Crippen LogP contribution in [-0.4, -0.2) is 12.7 Å². The summed E-state index contributed by atoms with van der Waals surface area (Å²) in [5, 5.41) is 3.16. The Labute approximate surface area is 57.8 Å². The third-order valence-corrected chi connectivity index (χ3v) is 1.46. The van der Waals surface area contributed by atoms with Gasteiger partial charge in [0, 0.05) is 12.7 Å². The summed E-state index contributed by atoms with van der Waals surface area (Å²) < 4.78 is 0. The lowest BCUT2D eigenvalue weighted by molar-refractivity contribution is 0.504. The molecule has 0 aliphatic carbocycles. The first-order valence-corrected chi connectivity index (χ1v) is 3.74. The van der Waals surface area contributed by atoms with Gasteiger partial charge in [-0.25, -0.2) is 0 Å². The van der Waals surface area contributed by atoms with Crippen LogP contribution in [0, 0.1) is 0 Å². The minimum Gasteiger partial charge on any atom is -0.318 e. The highest BCUT2D eigenvalue weighted by Gasteiger charge is 1.95. The highest BCUT2D eigenvalue weighted by Crippen LogP contribution is 1.97. The third-order valence-electron chi connectivity index (χ3n) is 1.46. The fourth-order valence-electron chi connectivity index (χ4n) is 0.814. The van der Waals surface area contributed by atoms with Gasteiger partial charge in [0.1, 0.15) is 0 Å². The molecule has 1 atom stereocenters. The molecule has 1 unspecified atom stereocenters. The Balaban J connectivity index is 2.95. The minimum atomic E-state index is 0.593. The first-order chi connectivity index (χ1) is 4.31. The van der Waals surface area contributed by atoms with E-state index < -0.39 is 0 Å². The second kappa shape index (κ2) is 6.05. The molecule has 0 aliphatic rings. The lowest BCUT2D eigenvalue weighted by Crippen LogP contribution is -2.31. The first-order valence-electron chi connectivity index (χ1n) is 3.74. The van der Waals surface area contributed by atoms with Crippen LogP contribution < -0.4 is 11.1 Å². The van der Waals surface area contributed by atoms with Crippen LogP contribution >= 0.6 is 0 Å². The van der Waals surface area contributed by atoms with Gasteiger partial charge in [-0.1, -0.05) is 19.8 Å². The van der Waals surface area contributed by atoms with E-state index in [9.17, 15) is 0 Å². The summed E-state index contributed by atoms with van der Waals surface area (Å²) in [7, 11) is 0. The van der Waals surface area contributed by atoms with Gasteiger partial charge in [0.15, 0.2) is 0 Å². The molecule has 0 aliphatic heterocycles. The van der Waals surface area contributed by atoms with E-state index >= 15 is 0 Å². The predicted octanol–water partition coefficient (Wildman–Crippen LogP) is 1.07. The molecule has 56 valence electrons. The molecule has 2 nitrogen and oxygen atoms in total. The molecule has 2 heteroatoms. The molecule has 0 rings (SSSR count). The largest absolute Gasteiger partial charge is 0.318 e. The SMILES string of the molecule is CCCCC(C)NCN. The molecule has 0 fully saturated rings. The van der Waals surface area contributed by atoms with E-state index in [2.05, 4.69) is 19.2 Å². The van der Waals surface area contributed by atoms with Crippen molar-refractivity contribution in [3.05, 3.63) is 0 Å². The Morgan fingerprint density at radius 3 is 2.67 bits per heavy atom. The summed E-state index contributed by atoms with van der Waals surface area (Å²) in [6, 6.07) is 0.593. The molecule has 0 spiro atoms. The summed E-state index contributed by atoms with van der Waals surface area (Å²) in [5.74, 6) is 0. The number of rotatable bonds is 5. The van der Waals surface area contributed by atoms with Gasteiger partial charge in [-0.15, -0.1) is 0 Å². The molecule has 0 saturated carbocycles. The van der Waals surface area contributed by atoms with Crippen molar-refractivity contribution in [1.82, 2.24) is 5.32 Å². The van der Waals surface area contributed by atoms with Crippen molar-refractivity contribution in [2.24, 2.45) is 5.73 Å². The maximum Gasteiger partial charge on any atom is 0.0430 e. The lowest BCUT2D eigenvalue weighted by Gasteiger charge is -2.09. The fraction of sp³-hybridized carbons (Fsp3) is 1.00. The Morgan fingerprint density at radius 1 is 1.56 bits per heavy atom. The maximum atomic E-state index is 5.29. The zero-order valence-electron chi connectivity index (χ0n) is 6.48. The van der Waals surface area contributed by atoms with E-state index in [0.29, 0.717) is 12.7 Å². The van der Waals surface area contributed by atoms with E-state index in [1.54, 1.807) is 0 Å². The van der Waals surface area contributed by atoms with Crippen LogP contribution in [0.2, 0.25) is 0 Å². The van der Waals surface area contributed by atoms with Crippen molar-refractivity contribution < 1.29 is 0 Å². The molecule has 3 N–H and O–H groups in total. The number of hydrogen-bond acceptors (Lipinski definition) is 2. The molecule has 0 heterocycles. The van der Waals surface area contributed by atoms with Gasteiger partial charge in [-0.3, -0.25) is 0 Å². The average molecular weight is 130 g/mol. The molecule has 9 heavy (non-hydrogen) atoms. The van der Waals surface area contributed by atoms with E-state index in [4.69, 9.17) is 5.73 Å². The fourth-order valence-corrected chi connectivity index (χ4v) is 0.814. The van der Waals surface area contributed by atoms with Crippen molar-refractivity contribution in [3.8, 4) is 0 Å². The molecule has 0 bridgehead atoms. The predicted molar refractivity (Wildman–Crippen MR) is 41.2 cm³/mol. The van der Waals surface area contributed by atoms with E-state index in [0.717, 1.165) is 0 Å². The summed E-state index contributed by atoms with van der Waals surface area (Å²) >= 11 is 0. The van der Waals surface area contributed by atoms with Crippen LogP contribution in [0.5, 0.6) is 0 Å². The summed E-state index contributed by atoms with van der Waals surface area (Å²) in [6.45, 7) is 4.97. The van der Waals surface area contributed by atoms with Crippen molar-refractivity contribution in [3.63, 3.8) is 0 Å². The van der Waals surface area contributed by atoms with Gasteiger partial charge in [0.05, 0.1) is 0 Å². The van der Waals surface area contributed by atoms with Gasteiger partial charge in [-0.05, 0) is 13.3 Å². The molecule has 0 saturated heterocycles. The van der Waals surface area contributed by atoms with Crippen molar-refractivity contribution in [1.29, 1.82) is 0 Å². The lowest BCUT2D eigenvalue weighted by atomic mass is 10.1. The second-order valence-corrected chi connectivity index (χ2v) is 2.45. The van der Waals surface area contributed by atoms with Crippen LogP contribution in [0.3, 0.4) is 0 Å². The summed E-state index contributed by atoms with van der Waals surface area (Å²) in [5.41, 5.74) is 5.29. The smallest absolute Gasteiger partial charge is 0.0430 e. The Bertz CT molecular complexity index is 54.9. The average Bonchev–Trinajstić information content (AvgIpc) is 1.85. The van der Waals surface area contributed by atoms with Gasteiger partial charge in [0.25, 0.3) is 0 Å². The molecular formula is C7H18N2. The highest BCUT2D eigenvalue weighted by atomic mass is 15.0. The van der Waals surface area contributed by atoms with Crippen LogP contribution in [-0.2, 0) is 0 Å². The Hall–Kier alpha value is -0.0800. The van der Waals surface area contributed by atoms with E-state index in [1.807, 2.05) is 0 Å². The number of hydrogen-bond donors (Lipinski definition) is 2. The zero-order chi connectivity index (χ0) is 7.11. The van der Waals surface area contributed by atoms with Gasteiger partial charge in [-0.2, -0.15) is 0 Å². The highest BCUT2D eigenvalue weighted by molar-refractivity contribution is 4.56. The van der Waals surface area contributed by atoms with Crippen LogP contribution in [0.25, 0.3) is 0 Å². The number of nitrogens with two attached hydrogens (primary N) is 1.